The van der Waals surface area contributed by atoms with Crippen molar-refractivity contribution >= 4 is 26.8 Å². The lowest BCUT2D eigenvalue weighted by Crippen LogP contribution is -2.57. The fourth-order valence-electron chi connectivity index (χ4n) is 4.98. The maximum Gasteiger partial charge on any atom is 0.264 e. The Labute approximate surface area is 220 Å². The molecule has 1 amide bonds. The minimum atomic E-state index is -4.15. The largest absolute Gasteiger partial charge is 0.489 e. The van der Waals surface area contributed by atoms with Gasteiger partial charge in [0.15, 0.2) is 6.29 Å². The second-order valence-electron chi connectivity index (χ2n) is 9.34. The van der Waals surface area contributed by atoms with Crippen LogP contribution < -0.4 is 14.9 Å². The van der Waals surface area contributed by atoms with Gasteiger partial charge in [-0.25, -0.2) is 13.9 Å². The van der Waals surface area contributed by atoms with E-state index in [0.717, 1.165) is 16.5 Å². The first-order chi connectivity index (χ1) is 18.3. The van der Waals surface area contributed by atoms with Crippen LogP contribution in [0.25, 0.3) is 10.9 Å². The van der Waals surface area contributed by atoms with Crippen LogP contribution in [0.15, 0.2) is 65.7 Å². The van der Waals surface area contributed by atoms with E-state index in [-0.39, 0.29) is 24.3 Å². The molecule has 1 aliphatic heterocycles. The van der Waals surface area contributed by atoms with Crippen LogP contribution in [0.5, 0.6) is 5.75 Å². The van der Waals surface area contributed by atoms with E-state index in [1.54, 1.807) is 30.9 Å². The number of aromatic nitrogens is 1. The molecule has 2 heterocycles. The molecule has 202 valence electrons. The van der Waals surface area contributed by atoms with Gasteiger partial charge >= 0.3 is 0 Å². The average molecular weight is 544 g/mol. The third-order valence-electron chi connectivity index (χ3n) is 6.86. The first kappa shape index (κ1) is 26.5. The average Bonchev–Trinajstić information content (AvgIpc) is 3.46. The van der Waals surface area contributed by atoms with E-state index < -0.39 is 40.0 Å². The second kappa shape index (κ2) is 10.9. The van der Waals surface area contributed by atoms with E-state index in [4.69, 9.17) is 18.9 Å². The normalized spacial score (nSPS) is 24.8. The number of nitrogens with one attached hydrogen (secondary N) is 2. The van der Waals surface area contributed by atoms with E-state index in [1.807, 2.05) is 30.3 Å². The van der Waals surface area contributed by atoms with Crippen molar-refractivity contribution in [2.45, 2.75) is 54.8 Å². The van der Waals surface area contributed by atoms with Crippen molar-refractivity contribution in [2.75, 3.05) is 13.7 Å². The molecule has 2 aliphatic rings. The number of benzene rings is 2. The highest BCUT2D eigenvalue weighted by atomic mass is 32.2. The number of methoxy groups -OCH3 is 1. The molecule has 0 spiro atoms. The molecule has 0 bridgehead atoms. The lowest BCUT2D eigenvalue weighted by molar-refractivity contribution is -0.139. The van der Waals surface area contributed by atoms with Crippen LogP contribution in [-0.2, 0) is 35.6 Å². The summed E-state index contributed by atoms with van der Waals surface area (Å²) in [5.41, 5.74) is 1.77. The zero-order valence-corrected chi connectivity index (χ0v) is 21.5. The summed E-state index contributed by atoms with van der Waals surface area (Å²) in [6.45, 7) is 0.721. The van der Waals surface area contributed by atoms with Crippen LogP contribution in [0.2, 0.25) is 0 Å². The number of sulfonamides is 1. The highest BCUT2D eigenvalue weighted by Crippen LogP contribution is 2.41. The van der Waals surface area contributed by atoms with Crippen LogP contribution in [-0.4, -0.2) is 62.3 Å². The molecule has 1 saturated carbocycles. The van der Waals surface area contributed by atoms with Gasteiger partial charge in [-0.15, -0.1) is 0 Å². The van der Waals surface area contributed by atoms with Crippen molar-refractivity contribution in [1.29, 1.82) is 0 Å². The molecule has 2 fully saturated rings. The van der Waals surface area contributed by atoms with Crippen molar-refractivity contribution in [3.63, 3.8) is 0 Å². The number of hydrogen-bond donors (Lipinski definition) is 3. The number of hydroxylamine groups is 1. The fraction of sp³-hybridized carbons (Fsp3) is 0.385. The van der Waals surface area contributed by atoms with Gasteiger partial charge in [0.1, 0.15) is 17.9 Å². The van der Waals surface area contributed by atoms with Gasteiger partial charge in [0, 0.05) is 38.0 Å². The molecular formula is C26H29N3O8S. The van der Waals surface area contributed by atoms with Gasteiger partial charge in [0.05, 0.1) is 29.2 Å². The van der Waals surface area contributed by atoms with Crippen molar-refractivity contribution in [1.82, 2.24) is 15.2 Å². The number of carbonyl (C=O) groups excluding carboxylic acids is 1. The van der Waals surface area contributed by atoms with Gasteiger partial charge in [-0.3, -0.25) is 15.0 Å². The number of pyridine rings is 1. The Morgan fingerprint density at radius 3 is 2.53 bits per heavy atom. The van der Waals surface area contributed by atoms with Gasteiger partial charge in [-0.2, -0.15) is 4.72 Å². The monoisotopic (exact) mass is 543 g/mol. The van der Waals surface area contributed by atoms with E-state index in [0.29, 0.717) is 18.8 Å². The molecule has 1 aromatic heterocycles. The molecule has 1 saturated heterocycles. The van der Waals surface area contributed by atoms with Gasteiger partial charge in [-0.1, -0.05) is 18.2 Å². The number of fused-ring (bicyclic) bond motifs is 2. The first-order valence-electron chi connectivity index (χ1n) is 12.2. The summed E-state index contributed by atoms with van der Waals surface area (Å²) >= 11 is 0. The molecule has 2 aromatic carbocycles. The molecule has 2 atom stereocenters. The maximum atomic E-state index is 13.3. The summed E-state index contributed by atoms with van der Waals surface area (Å²) in [4.78, 5) is 16.9. The predicted molar refractivity (Wildman–Crippen MR) is 135 cm³/mol. The van der Waals surface area contributed by atoms with Crippen molar-refractivity contribution in [3.8, 4) is 5.75 Å². The van der Waals surface area contributed by atoms with Crippen LogP contribution in [0, 0.1) is 0 Å². The molecular weight excluding hydrogens is 514 g/mol. The van der Waals surface area contributed by atoms with Crippen LogP contribution in [0.3, 0.4) is 0 Å². The summed E-state index contributed by atoms with van der Waals surface area (Å²) in [6.07, 6.45) is 0.761. The topological polar surface area (TPSA) is 145 Å². The van der Waals surface area contributed by atoms with Crippen molar-refractivity contribution < 1.29 is 37.4 Å². The lowest BCUT2D eigenvalue weighted by atomic mass is 9.98. The minimum Gasteiger partial charge on any atom is -0.489 e. The third-order valence-corrected chi connectivity index (χ3v) is 8.41. The minimum absolute atomic E-state index is 0.00779. The predicted octanol–water partition coefficient (Wildman–Crippen LogP) is 2.28. The van der Waals surface area contributed by atoms with Gasteiger partial charge in [-0.05, 0) is 42.0 Å². The number of nitrogens with zero attached hydrogens (tertiary/aromatic N) is 1. The second-order valence-corrected chi connectivity index (χ2v) is 11.0. The highest BCUT2D eigenvalue weighted by Gasteiger charge is 2.57. The number of carbonyl (C=O) groups is 1. The zero-order chi connectivity index (χ0) is 26.8. The zero-order valence-electron chi connectivity index (χ0n) is 20.7. The molecule has 1 aliphatic carbocycles. The number of rotatable bonds is 10. The maximum absolute atomic E-state index is 13.3. The van der Waals surface area contributed by atoms with E-state index in [1.165, 1.54) is 12.1 Å². The van der Waals surface area contributed by atoms with E-state index in [2.05, 4.69) is 9.71 Å². The first-order valence-corrected chi connectivity index (χ1v) is 13.7. The number of ether oxygens (including phenoxy) is 4. The number of hydrogen-bond acceptors (Lipinski definition) is 9. The quantitative estimate of drug-likeness (QED) is 0.259. The summed E-state index contributed by atoms with van der Waals surface area (Å²) < 4.78 is 51.6. The van der Waals surface area contributed by atoms with E-state index >= 15 is 0 Å². The molecule has 38 heavy (non-hydrogen) atoms. The van der Waals surface area contributed by atoms with Gasteiger partial charge in [0.25, 0.3) is 5.91 Å². The SMILES string of the molecule is COCCC1OC2CC(NS(=O)(=O)c3ccc(OCc4cccc5ncccc45)cc3)(C(=O)NO)CC2O1. The van der Waals surface area contributed by atoms with Crippen LogP contribution in [0.4, 0.5) is 0 Å². The van der Waals surface area contributed by atoms with Crippen molar-refractivity contribution in [2.24, 2.45) is 0 Å². The summed E-state index contributed by atoms with van der Waals surface area (Å²) in [5, 5.41) is 10.3. The molecule has 12 heteroatoms. The van der Waals surface area contributed by atoms with Gasteiger partial charge in [0.2, 0.25) is 10.0 Å². The fourth-order valence-corrected chi connectivity index (χ4v) is 6.37. The molecule has 2 unspecified atom stereocenters. The van der Waals surface area contributed by atoms with Crippen LogP contribution in [0.1, 0.15) is 24.8 Å². The third kappa shape index (κ3) is 5.37. The van der Waals surface area contributed by atoms with Crippen LogP contribution >= 0.6 is 0 Å². The Morgan fingerprint density at radius 1 is 1.11 bits per heavy atom. The smallest absolute Gasteiger partial charge is 0.264 e. The Bertz CT molecular complexity index is 1380. The Morgan fingerprint density at radius 2 is 1.84 bits per heavy atom. The number of amides is 1. The standard InChI is InChI=1S/C26H29N3O8S/c1-34-13-11-24-36-22-14-26(25(30)28-31,15-23(22)37-24)29-38(32,33)19-9-7-18(8-10-19)35-16-17-4-2-6-21-20(17)5-3-12-27-21/h2-10,12,22-24,29,31H,11,13-16H2,1H3,(H,28,30). The summed E-state index contributed by atoms with van der Waals surface area (Å²) in [5.74, 6) is -0.396. The Hall–Kier alpha value is -3.13. The van der Waals surface area contributed by atoms with E-state index in [9.17, 15) is 18.4 Å². The molecule has 3 N–H and O–H groups in total. The Kier molecular flexibility index (Phi) is 7.61. The summed E-state index contributed by atoms with van der Waals surface area (Å²) in [6, 6.07) is 15.5. The molecule has 0 radical (unpaired) electrons. The summed E-state index contributed by atoms with van der Waals surface area (Å²) in [7, 11) is -2.57. The molecule has 3 aromatic rings. The highest BCUT2D eigenvalue weighted by molar-refractivity contribution is 7.89. The lowest BCUT2D eigenvalue weighted by Gasteiger charge is -2.29. The van der Waals surface area contributed by atoms with Crippen molar-refractivity contribution in [3.05, 3.63) is 66.4 Å². The molecule has 5 rings (SSSR count). The Balaban J connectivity index is 1.26. The molecule has 11 nitrogen and oxygen atoms in total. The van der Waals surface area contributed by atoms with Gasteiger partial charge < -0.3 is 18.9 Å².